The van der Waals surface area contributed by atoms with Crippen molar-refractivity contribution in [3.63, 3.8) is 0 Å². The van der Waals surface area contributed by atoms with Gasteiger partial charge in [0.15, 0.2) is 0 Å². The SMILES string of the molecule is Cc1cc(C(N)=S)cc(N2CCC(C)C2CO)n1. The molecule has 3 N–H and O–H groups in total. The van der Waals surface area contributed by atoms with E-state index in [0.717, 1.165) is 30.0 Å². The van der Waals surface area contributed by atoms with Crippen molar-refractivity contribution >= 4 is 23.0 Å². The predicted octanol–water partition coefficient (Wildman–Crippen LogP) is 1.23. The maximum Gasteiger partial charge on any atom is 0.129 e. The third kappa shape index (κ3) is 2.47. The molecule has 4 nitrogen and oxygen atoms in total. The summed E-state index contributed by atoms with van der Waals surface area (Å²) in [5, 5.41) is 9.50. The van der Waals surface area contributed by atoms with Crippen LogP contribution < -0.4 is 10.6 Å². The summed E-state index contributed by atoms with van der Waals surface area (Å²) in [5.41, 5.74) is 7.41. The first-order valence-electron chi connectivity index (χ1n) is 6.19. The second-order valence-corrected chi connectivity index (χ2v) is 5.37. The molecule has 1 saturated heterocycles. The van der Waals surface area contributed by atoms with E-state index in [1.54, 1.807) is 0 Å². The van der Waals surface area contributed by atoms with Crippen LogP contribution in [-0.2, 0) is 0 Å². The van der Waals surface area contributed by atoms with E-state index in [2.05, 4.69) is 16.8 Å². The van der Waals surface area contributed by atoms with E-state index < -0.39 is 0 Å². The van der Waals surface area contributed by atoms with Crippen molar-refractivity contribution in [1.82, 2.24) is 4.98 Å². The van der Waals surface area contributed by atoms with Gasteiger partial charge in [0.1, 0.15) is 10.8 Å². The minimum Gasteiger partial charge on any atom is -0.394 e. The highest BCUT2D eigenvalue weighted by Gasteiger charge is 2.31. The topological polar surface area (TPSA) is 62.4 Å². The number of hydrogen-bond acceptors (Lipinski definition) is 4. The zero-order valence-corrected chi connectivity index (χ0v) is 11.6. The molecule has 0 saturated carbocycles. The summed E-state index contributed by atoms with van der Waals surface area (Å²) >= 11 is 5.02. The first kappa shape index (κ1) is 13.2. The molecule has 1 aliphatic rings. The van der Waals surface area contributed by atoms with Gasteiger partial charge in [-0.2, -0.15) is 0 Å². The largest absolute Gasteiger partial charge is 0.394 e. The molecule has 2 unspecified atom stereocenters. The molecule has 0 radical (unpaired) electrons. The molecule has 1 aromatic heterocycles. The van der Waals surface area contributed by atoms with Crippen molar-refractivity contribution in [2.45, 2.75) is 26.3 Å². The van der Waals surface area contributed by atoms with Gasteiger partial charge in [-0.15, -0.1) is 0 Å². The minimum absolute atomic E-state index is 0.137. The number of anilines is 1. The molecule has 0 bridgehead atoms. The smallest absolute Gasteiger partial charge is 0.129 e. The highest BCUT2D eigenvalue weighted by atomic mass is 32.1. The van der Waals surface area contributed by atoms with Crippen LogP contribution in [0.3, 0.4) is 0 Å². The van der Waals surface area contributed by atoms with Crippen LogP contribution in [0.5, 0.6) is 0 Å². The van der Waals surface area contributed by atoms with Gasteiger partial charge in [-0.05, 0) is 31.4 Å². The molecular formula is C13H19N3OS. The minimum atomic E-state index is 0.137. The number of rotatable bonds is 3. The molecule has 0 aliphatic carbocycles. The molecular weight excluding hydrogens is 246 g/mol. The Hall–Kier alpha value is -1.20. The van der Waals surface area contributed by atoms with E-state index in [9.17, 15) is 5.11 Å². The Bertz CT molecular complexity index is 464. The average molecular weight is 265 g/mol. The van der Waals surface area contributed by atoms with Crippen LogP contribution in [0, 0.1) is 12.8 Å². The van der Waals surface area contributed by atoms with Gasteiger partial charge in [-0.25, -0.2) is 4.98 Å². The molecule has 18 heavy (non-hydrogen) atoms. The van der Waals surface area contributed by atoms with Crippen LogP contribution in [0.2, 0.25) is 0 Å². The van der Waals surface area contributed by atoms with Crippen molar-refractivity contribution in [2.24, 2.45) is 11.7 Å². The number of hydrogen-bond donors (Lipinski definition) is 2. The summed E-state index contributed by atoms with van der Waals surface area (Å²) in [6.45, 7) is 5.16. The number of aromatic nitrogens is 1. The van der Waals surface area contributed by atoms with E-state index in [1.807, 2.05) is 19.1 Å². The molecule has 1 fully saturated rings. The van der Waals surface area contributed by atoms with Gasteiger partial charge in [0.2, 0.25) is 0 Å². The summed E-state index contributed by atoms with van der Waals surface area (Å²) in [5.74, 6) is 1.34. The number of pyridine rings is 1. The van der Waals surface area contributed by atoms with Gasteiger partial charge in [-0.1, -0.05) is 19.1 Å². The maximum absolute atomic E-state index is 9.50. The molecule has 0 amide bonds. The molecule has 2 rings (SSSR count). The van der Waals surface area contributed by atoms with Crippen LogP contribution >= 0.6 is 12.2 Å². The molecule has 0 spiro atoms. The van der Waals surface area contributed by atoms with Crippen LogP contribution in [0.25, 0.3) is 0 Å². The normalized spacial score (nSPS) is 23.4. The zero-order valence-electron chi connectivity index (χ0n) is 10.8. The van der Waals surface area contributed by atoms with Crippen LogP contribution in [0.1, 0.15) is 24.6 Å². The Kier molecular flexibility index (Phi) is 3.82. The Morgan fingerprint density at radius 1 is 1.61 bits per heavy atom. The molecule has 1 aromatic rings. The van der Waals surface area contributed by atoms with Crippen LogP contribution in [0.4, 0.5) is 5.82 Å². The lowest BCUT2D eigenvalue weighted by Gasteiger charge is -2.26. The Labute approximate surface area is 113 Å². The lowest BCUT2D eigenvalue weighted by Crippen LogP contribution is -2.36. The average Bonchev–Trinajstić information content (AvgIpc) is 2.69. The lowest BCUT2D eigenvalue weighted by atomic mass is 10.0. The summed E-state index contributed by atoms with van der Waals surface area (Å²) < 4.78 is 0. The fourth-order valence-electron chi connectivity index (χ4n) is 2.51. The number of aliphatic hydroxyl groups excluding tert-OH is 1. The van der Waals surface area contributed by atoms with Crippen molar-refractivity contribution in [1.29, 1.82) is 0 Å². The van der Waals surface area contributed by atoms with Crippen molar-refractivity contribution in [3.8, 4) is 0 Å². The van der Waals surface area contributed by atoms with Crippen molar-refractivity contribution in [3.05, 3.63) is 23.4 Å². The van der Waals surface area contributed by atoms with Crippen LogP contribution in [0.15, 0.2) is 12.1 Å². The Balaban J connectivity index is 2.36. The third-order valence-electron chi connectivity index (χ3n) is 3.59. The van der Waals surface area contributed by atoms with E-state index in [0.29, 0.717) is 10.9 Å². The number of nitrogens with zero attached hydrogens (tertiary/aromatic N) is 2. The van der Waals surface area contributed by atoms with Gasteiger partial charge in [0, 0.05) is 17.8 Å². The standard InChI is InChI=1S/C13H19N3OS/c1-8-3-4-16(11(8)7-17)12-6-10(13(14)18)5-9(2)15-12/h5-6,8,11,17H,3-4,7H2,1-2H3,(H2,14,18). The molecule has 2 heterocycles. The molecule has 98 valence electrons. The highest BCUT2D eigenvalue weighted by molar-refractivity contribution is 7.80. The van der Waals surface area contributed by atoms with Gasteiger partial charge >= 0.3 is 0 Å². The Morgan fingerprint density at radius 2 is 2.33 bits per heavy atom. The summed E-state index contributed by atoms with van der Waals surface area (Å²) in [6.07, 6.45) is 1.07. The first-order chi connectivity index (χ1) is 8.52. The molecule has 0 aromatic carbocycles. The lowest BCUT2D eigenvalue weighted by molar-refractivity contribution is 0.244. The summed E-state index contributed by atoms with van der Waals surface area (Å²) in [7, 11) is 0. The fraction of sp³-hybridized carbons (Fsp3) is 0.538. The van der Waals surface area contributed by atoms with E-state index in [1.165, 1.54) is 0 Å². The zero-order chi connectivity index (χ0) is 13.3. The van der Waals surface area contributed by atoms with Gasteiger partial charge in [0.25, 0.3) is 0 Å². The third-order valence-corrected chi connectivity index (χ3v) is 3.82. The number of aryl methyl sites for hydroxylation is 1. The number of nitrogens with two attached hydrogens (primary N) is 1. The van der Waals surface area contributed by atoms with Crippen molar-refractivity contribution in [2.75, 3.05) is 18.1 Å². The first-order valence-corrected chi connectivity index (χ1v) is 6.59. The second kappa shape index (κ2) is 5.20. The summed E-state index contributed by atoms with van der Waals surface area (Å²) in [6, 6.07) is 3.94. The number of thiocarbonyl (C=S) groups is 1. The summed E-state index contributed by atoms with van der Waals surface area (Å²) in [4.78, 5) is 7.07. The second-order valence-electron chi connectivity index (χ2n) is 4.93. The predicted molar refractivity (Wildman–Crippen MR) is 76.9 cm³/mol. The molecule has 2 atom stereocenters. The monoisotopic (exact) mass is 265 g/mol. The Morgan fingerprint density at radius 3 is 2.94 bits per heavy atom. The van der Waals surface area contributed by atoms with Gasteiger partial charge in [0.05, 0.1) is 12.6 Å². The molecule has 1 aliphatic heterocycles. The quantitative estimate of drug-likeness (QED) is 0.805. The van der Waals surface area contributed by atoms with Crippen LogP contribution in [-0.4, -0.2) is 34.3 Å². The van der Waals surface area contributed by atoms with E-state index in [4.69, 9.17) is 18.0 Å². The van der Waals surface area contributed by atoms with Gasteiger partial charge < -0.3 is 15.7 Å². The maximum atomic E-state index is 9.50. The van der Waals surface area contributed by atoms with E-state index >= 15 is 0 Å². The van der Waals surface area contributed by atoms with Gasteiger partial charge in [-0.3, -0.25) is 0 Å². The molecule has 5 heteroatoms. The number of aliphatic hydroxyl groups is 1. The van der Waals surface area contributed by atoms with E-state index in [-0.39, 0.29) is 12.6 Å². The fourth-order valence-corrected chi connectivity index (χ4v) is 2.63. The van der Waals surface area contributed by atoms with Crippen molar-refractivity contribution < 1.29 is 5.11 Å². The highest BCUT2D eigenvalue weighted by Crippen LogP contribution is 2.28.